The maximum atomic E-state index is 11.4. The first-order valence-corrected chi connectivity index (χ1v) is 9.13. The minimum Gasteiger partial charge on any atom is -0.319 e. The fourth-order valence-corrected chi connectivity index (χ4v) is 3.72. The summed E-state index contributed by atoms with van der Waals surface area (Å²) in [7, 11) is 0. The molecule has 1 atom stereocenters. The second kappa shape index (κ2) is 9.38. The second-order valence-corrected chi connectivity index (χ2v) is 7.24. The predicted octanol–water partition coefficient (Wildman–Crippen LogP) is 5.63. The number of H-pyrrole nitrogens is 1. The minimum absolute atomic E-state index is 0.0905. The Hall–Kier alpha value is -0.570. The summed E-state index contributed by atoms with van der Waals surface area (Å²) >= 11 is 1.41. The Balaban J connectivity index is 2.56. The summed E-state index contributed by atoms with van der Waals surface area (Å²) in [5.74, 6) is 0. The van der Waals surface area contributed by atoms with Crippen molar-refractivity contribution in [2.24, 2.45) is 0 Å². The fraction of sp³-hybridized carbons (Fsp3) is 0.824. The number of hydrogen-bond donors (Lipinski definition) is 1. The molecule has 0 aromatic carbocycles. The largest absolute Gasteiger partial charge is 0.319 e. The van der Waals surface area contributed by atoms with Crippen molar-refractivity contribution in [1.82, 2.24) is 4.98 Å². The lowest BCUT2D eigenvalue weighted by Gasteiger charge is -2.28. The third-order valence-corrected chi connectivity index (χ3v) is 5.42. The summed E-state index contributed by atoms with van der Waals surface area (Å²) in [6.45, 7) is 6.85. The normalized spacial score (nSPS) is 14.3. The van der Waals surface area contributed by atoms with Crippen molar-refractivity contribution in [2.45, 2.75) is 90.4 Å². The fourth-order valence-electron chi connectivity index (χ4n) is 2.84. The van der Waals surface area contributed by atoms with Gasteiger partial charge in [-0.1, -0.05) is 83.5 Å². The molecule has 0 saturated carbocycles. The number of nitrogens with one attached hydrogen (secondary N) is 1. The number of aromatic nitrogens is 1. The van der Waals surface area contributed by atoms with Crippen LogP contribution in [0.3, 0.4) is 0 Å². The molecule has 0 aliphatic heterocycles. The van der Waals surface area contributed by atoms with E-state index in [9.17, 15) is 4.79 Å². The molecule has 1 heterocycles. The van der Waals surface area contributed by atoms with E-state index in [1.54, 1.807) is 0 Å². The van der Waals surface area contributed by atoms with Crippen LogP contribution in [0.2, 0.25) is 0 Å². The van der Waals surface area contributed by atoms with Gasteiger partial charge in [0.05, 0.1) is 0 Å². The van der Waals surface area contributed by atoms with Crippen LogP contribution in [-0.4, -0.2) is 4.98 Å². The molecule has 116 valence electrons. The molecule has 1 rings (SSSR count). The van der Waals surface area contributed by atoms with Crippen LogP contribution in [0.25, 0.3) is 0 Å². The zero-order valence-corrected chi connectivity index (χ0v) is 14.3. The van der Waals surface area contributed by atoms with E-state index in [4.69, 9.17) is 0 Å². The van der Waals surface area contributed by atoms with Gasteiger partial charge in [-0.25, -0.2) is 0 Å². The van der Waals surface area contributed by atoms with Crippen LogP contribution in [0.4, 0.5) is 0 Å². The number of rotatable bonds is 11. The third kappa shape index (κ3) is 5.82. The molecule has 0 radical (unpaired) electrons. The first-order chi connectivity index (χ1) is 9.62. The molecule has 1 unspecified atom stereocenters. The molecule has 0 spiro atoms. The Morgan fingerprint density at radius 2 is 1.55 bits per heavy atom. The van der Waals surface area contributed by atoms with Gasteiger partial charge in [0.15, 0.2) is 0 Å². The zero-order valence-electron chi connectivity index (χ0n) is 13.5. The van der Waals surface area contributed by atoms with E-state index in [2.05, 4.69) is 25.8 Å². The van der Waals surface area contributed by atoms with E-state index in [1.165, 1.54) is 80.4 Å². The van der Waals surface area contributed by atoms with E-state index in [0.717, 1.165) is 0 Å². The highest BCUT2D eigenvalue weighted by Gasteiger charge is 2.27. The van der Waals surface area contributed by atoms with E-state index >= 15 is 0 Å². The van der Waals surface area contributed by atoms with Crippen molar-refractivity contribution in [3.8, 4) is 0 Å². The quantitative estimate of drug-likeness (QED) is 0.527. The minimum atomic E-state index is 0.0905. The summed E-state index contributed by atoms with van der Waals surface area (Å²) < 4.78 is 0. The van der Waals surface area contributed by atoms with Gasteiger partial charge in [0.1, 0.15) is 0 Å². The smallest absolute Gasteiger partial charge is 0.304 e. The van der Waals surface area contributed by atoms with Crippen LogP contribution in [-0.2, 0) is 5.41 Å². The summed E-state index contributed by atoms with van der Waals surface area (Å²) in [5.41, 5.74) is 0.200. The Morgan fingerprint density at radius 1 is 1.00 bits per heavy atom. The topological polar surface area (TPSA) is 32.9 Å². The maximum absolute atomic E-state index is 11.4. The van der Waals surface area contributed by atoms with Crippen molar-refractivity contribution in [1.29, 1.82) is 0 Å². The van der Waals surface area contributed by atoms with Gasteiger partial charge < -0.3 is 4.98 Å². The third-order valence-electron chi connectivity index (χ3n) is 4.28. The molecule has 2 nitrogen and oxygen atoms in total. The number of thiazole rings is 1. The van der Waals surface area contributed by atoms with Crippen LogP contribution < -0.4 is 4.87 Å². The summed E-state index contributed by atoms with van der Waals surface area (Å²) in [6, 6.07) is 0. The van der Waals surface area contributed by atoms with Gasteiger partial charge in [0.2, 0.25) is 0 Å². The molecule has 0 aliphatic carbocycles. The van der Waals surface area contributed by atoms with E-state index in [0.29, 0.717) is 0 Å². The van der Waals surface area contributed by atoms with Gasteiger partial charge in [0.25, 0.3) is 0 Å². The first kappa shape index (κ1) is 17.5. The highest BCUT2D eigenvalue weighted by atomic mass is 32.1. The van der Waals surface area contributed by atoms with Crippen LogP contribution >= 0.6 is 11.3 Å². The SMILES string of the molecule is CCCCCCCC(C)(CCCCC)c1c[nH]c(=O)s1. The number of hydrogen-bond acceptors (Lipinski definition) is 2. The molecule has 1 aromatic heterocycles. The van der Waals surface area contributed by atoms with Crippen LogP contribution in [0.1, 0.15) is 89.9 Å². The Bertz CT molecular complexity index is 409. The van der Waals surface area contributed by atoms with Crippen molar-refractivity contribution in [3.63, 3.8) is 0 Å². The van der Waals surface area contributed by atoms with Gasteiger partial charge in [-0.2, -0.15) is 0 Å². The molecule has 20 heavy (non-hydrogen) atoms. The highest BCUT2D eigenvalue weighted by molar-refractivity contribution is 7.09. The van der Waals surface area contributed by atoms with Gasteiger partial charge in [0, 0.05) is 16.5 Å². The second-order valence-electron chi connectivity index (χ2n) is 6.22. The van der Waals surface area contributed by atoms with E-state index in [1.807, 2.05) is 6.20 Å². The zero-order chi connectivity index (χ0) is 14.8. The Morgan fingerprint density at radius 3 is 2.10 bits per heavy atom. The average molecular weight is 298 g/mol. The number of aromatic amines is 1. The summed E-state index contributed by atoms with van der Waals surface area (Å²) in [4.78, 5) is 15.6. The van der Waals surface area contributed by atoms with Gasteiger partial charge in [-0.15, -0.1) is 0 Å². The highest BCUT2D eigenvalue weighted by Crippen LogP contribution is 2.36. The molecular formula is C17H31NOS. The molecule has 0 bridgehead atoms. The van der Waals surface area contributed by atoms with Crippen LogP contribution in [0, 0.1) is 0 Å². The molecule has 3 heteroatoms. The standard InChI is InChI=1S/C17H31NOS/c1-4-6-8-9-11-13-17(3,12-10-7-5-2)15-14-18-16(19)20-15/h14H,4-13H2,1-3H3,(H,18,19). The molecule has 0 amide bonds. The number of unbranched alkanes of at least 4 members (excludes halogenated alkanes) is 6. The van der Waals surface area contributed by atoms with Gasteiger partial charge in [-0.3, -0.25) is 4.79 Å². The lowest BCUT2D eigenvalue weighted by molar-refractivity contribution is 0.371. The lowest BCUT2D eigenvalue weighted by Crippen LogP contribution is -2.20. The Labute approximate surface area is 128 Å². The summed E-state index contributed by atoms with van der Waals surface area (Å²) in [5, 5.41) is 0. The van der Waals surface area contributed by atoms with Crippen LogP contribution in [0.15, 0.2) is 11.0 Å². The van der Waals surface area contributed by atoms with Gasteiger partial charge in [-0.05, 0) is 12.8 Å². The van der Waals surface area contributed by atoms with Gasteiger partial charge >= 0.3 is 4.87 Å². The molecule has 1 N–H and O–H groups in total. The lowest BCUT2D eigenvalue weighted by atomic mass is 9.79. The van der Waals surface area contributed by atoms with E-state index < -0.39 is 0 Å². The Kier molecular flexibility index (Phi) is 8.20. The van der Waals surface area contributed by atoms with Crippen molar-refractivity contribution in [2.75, 3.05) is 0 Å². The van der Waals surface area contributed by atoms with E-state index in [-0.39, 0.29) is 10.3 Å². The predicted molar refractivity (Wildman–Crippen MR) is 89.8 cm³/mol. The molecule has 0 fully saturated rings. The summed E-state index contributed by atoms with van der Waals surface area (Å²) in [6.07, 6.45) is 14.8. The monoisotopic (exact) mass is 297 g/mol. The molecule has 0 aliphatic rings. The van der Waals surface area contributed by atoms with Crippen molar-refractivity contribution in [3.05, 3.63) is 20.7 Å². The maximum Gasteiger partial charge on any atom is 0.304 e. The van der Waals surface area contributed by atoms with Crippen molar-refractivity contribution >= 4 is 11.3 Å². The molecular weight excluding hydrogens is 266 g/mol. The van der Waals surface area contributed by atoms with Crippen LogP contribution in [0.5, 0.6) is 0 Å². The molecule has 1 aromatic rings. The van der Waals surface area contributed by atoms with Crippen molar-refractivity contribution < 1.29 is 0 Å². The molecule has 0 saturated heterocycles. The first-order valence-electron chi connectivity index (χ1n) is 8.31. The average Bonchev–Trinajstić information content (AvgIpc) is 2.86.